The summed E-state index contributed by atoms with van der Waals surface area (Å²) in [5.41, 5.74) is 0.633. The third-order valence-electron chi connectivity index (χ3n) is 4.16. The van der Waals surface area contributed by atoms with Gasteiger partial charge in [-0.2, -0.15) is 0 Å². The number of nitrogens with zero attached hydrogens (tertiary/aromatic N) is 1. The highest BCUT2D eigenvalue weighted by Gasteiger charge is 2.19. The van der Waals surface area contributed by atoms with Gasteiger partial charge in [-0.15, -0.1) is 0 Å². The Bertz CT molecular complexity index is 930. The highest BCUT2D eigenvalue weighted by molar-refractivity contribution is 7.89. The molecule has 0 unspecified atom stereocenters. The number of aryl methyl sites for hydroxylation is 1. The Morgan fingerprint density at radius 2 is 1.83 bits per heavy atom. The highest BCUT2D eigenvalue weighted by Crippen LogP contribution is 2.25. The number of amides is 1. The highest BCUT2D eigenvalue weighted by atomic mass is 32.2. The average molecular weight is 424 g/mol. The number of sulfonamides is 1. The molecule has 0 aliphatic carbocycles. The predicted octanol–water partition coefficient (Wildman–Crippen LogP) is 2.21. The Labute approximate surface area is 170 Å². The molecule has 29 heavy (non-hydrogen) atoms. The normalized spacial score (nSPS) is 11.3. The molecule has 0 saturated carbocycles. The fourth-order valence-electron chi connectivity index (χ4n) is 2.55. The van der Waals surface area contributed by atoms with E-state index in [1.54, 1.807) is 6.07 Å². The van der Waals surface area contributed by atoms with Crippen molar-refractivity contribution in [1.82, 2.24) is 9.62 Å². The van der Waals surface area contributed by atoms with Crippen LogP contribution in [0.15, 0.2) is 47.4 Å². The van der Waals surface area contributed by atoms with Gasteiger partial charge in [-0.1, -0.05) is 0 Å². The number of hydrogen-bond donors (Lipinski definition) is 1. The molecule has 0 aliphatic heterocycles. The van der Waals surface area contributed by atoms with Crippen LogP contribution in [-0.2, 0) is 21.2 Å². The van der Waals surface area contributed by atoms with Crippen molar-refractivity contribution < 1.29 is 27.1 Å². The van der Waals surface area contributed by atoms with Crippen molar-refractivity contribution in [2.24, 2.45) is 0 Å². The van der Waals surface area contributed by atoms with Gasteiger partial charge in [0.05, 0.1) is 18.6 Å². The lowest BCUT2D eigenvalue weighted by Gasteiger charge is -2.14. The summed E-state index contributed by atoms with van der Waals surface area (Å²) in [6, 6.07) is 10.2. The molecule has 0 bridgehead atoms. The first-order chi connectivity index (χ1) is 13.7. The first-order valence-corrected chi connectivity index (χ1v) is 10.4. The minimum absolute atomic E-state index is 0.145. The van der Waals surface area contributed by atoms with E-state index in [4.69, 9.17) is 9.47 Å². The summed E-state index contributed by atoms with van der Waals surface area (Å²) in [5, 5.41) is 2.73. The Morgan fingerprint density at radius 1 is 1.14 bits per heavy atom. The van der Waals surface area contributed by atoms with Gasteiger partial charge in [0.15, 0.2) is 0 Å². The van der Waals surface area contributed by atoms with Crippen LogP contribution in [0.3, 0.4) is 0 Å². The number of ether oxygens (including phenoxy) is 2. The zero-order valence-corrected chi connectivity index (χ0v) is 17.5. The second-order valence-electron chi connectivity index (χ2n) is 6.41. The van der Waals surface area contributed by atoms with Gasteiger partial charge in [0.1, 0.15) is 23.9 Å². The molecule has 0 radical (unpaired) electrons. The topological polar surface area (TPSA) is 84.9 Å². The van der Waals surface area contributed by atoms with Gasteiger partial charge in [-0.3, -0.25) is 4.79 Å². The monoisotopic (exact) mass is 424 g/mol. The SMILES string of the molecule is COc1ccc(S(=O)(=O)N(C)C)cc1CCC(=O)NCCOc1ccc(F)cc1. The third kappa shape index (κ3) is 6.43. The molecular weight excluding hydrogens is 399 g/mol. The number of carbonyl (C=O) groups is 1. The van der Waals surface area contributed by atoms with E-state index < -0.39 is 10.0 Å². The van der Waals surface area contributed by atoms with Crippen LogP contribution in [0.2, 0.25) is 0 Å². The molecule has 2 rings (SSSR count). The van der Waals surface area contributed by atoms with Gasteiger partial charge in [0.2, 0.25) is 15.9 Å². The van der Waals surface area contributed by atoms with Gasteiger partial charge in [-0.05, 0) is 54.4 Å². The fourth-order valence-corrected chi connectivity index (χ4v) is 3.50. The maximum absolute atomic E-state index is 12.8. The number of rotatable bonds is 10. The Morgan fingerprint density at radius 3 is 2.45 bits per heavy atom. The summed E-state index contributed by atoms with van der Waals surface area (Å²) in [4.78, 5) is 12.2. The first-order valence-electron chi connectivity index (χ1n) is 8.98. The van der Waals surface area contributed by atoms with Gasteiger partial charge in [0.25, 0.3) is 0 Å². The molecule has 158 valence electrons. The van der Waals surface area contributed by atoms with Crippen LogP contribution in [0.1, 0.15) is 12.0 Å². The van der Waals surface area contributed by atoms with Gasteiger partial charge in [-0.25, -0.2) is 17.1 Å². The standard InChI is InChI=1S/C20H25FN2O5S/c1-23(2)29(25,26)18-9-10-19(27-3)15(14-18)4-11-20(24)22-12-13-28-17-7-5-16(21)6-8-17/h5-10,14H,4,11-13H2,1-3H3,(H,22,24). The molecule has 2 aromatic carbocycles. The van der Waals surface area contributed by atoms with Gasteiger partial charge >= 0.3 is 0 Å². The fraction of sp³-hybridized carbons (Fsp3) is 0.350. The first kappa shape index (κ1) is 22.6. The van der Waals surface area contributed by atoms with E-state index in [1.807, 2.05) is 0 Å². The lowest BCUT2D eigenvalue weighted by atomic mass is 10.1. The molecule has 1 N–H and O–H groups in total. The van der Waals surface area contributed by atoms with E-state index in [0.29, 0.717) is 30.0 Å². The van der Waals surface area contributed by atoms with Crippen LogP contribution in [0, 0.1) is 5.82 Å². The summed E-state index contributed by atoms with van der Waals surface area (Å²) in [5.74, 6) is 0.499. The van der Waals surface area contributed by atoms with Gasteiger partial charge < -0.3 is 14.8 Å². The van der Waals surface area contributed by atoms with Crippen molar-refractivity contribution >= 4 is 15.9 Å². The maximum Gasteiger partial charge on any atom is 0.242 e. The molecule has 0 fully saturated rings. The summed E-state index contributed by atoms with van der Waals surface area (Å²) >= 11 is 0. The molecule has 0 saturated heterocycles. The van der Waals surface area contributed by atoms with Crippen molar-refractivity contribution in [2.45, 2.75) is 17.7 Å². The van der Waals surface area contributed by atoms with Crippen molar-refractivity contribution in [3.8, 4) is 11.5 Å². The number of methoxy groups -OCH3 is 1. The summed E-state index contributed by atoms with van der Waals surface area (Å²) in [6.45, 7) is 0.541. The second kappa shape index (κ2) is 10.2. The molecule has 0 aromatic heterocycles. The van der Waals surface area contributed by atoms with E-state index in [-0.39, 0.29) is 29.6 Å². The van der Waals surface area contributed by atoms with Crippen molar-refractivity contribution in [2.75, 3.05) is 34.4 Å². The second-order valence-corrected chi connectivity index (χ2v) is 8.57. The molecule has 0 aliphatic rings. The summed E-state index contributed by atoms with van der Waals surface area (Å²) in [7, 11) is 0.838. The van der Waals surface area contributed by atoms with E-state index in [9.17, 15) is 17.6 Å². The smallest absolute Gasteiger partial charge is 0.242 e. The molecule has 9 heteroatoms. The van der Waals surface area contributed by atoms with E-state index in [2.05, 4.69) is 5.32 Å². The number of carbonyl (C=O) groups excluding carboxylic acids is 1. The minimum Gasteiger partial charge on any atom is -0.496 e. The molecule has 2 aromatic rings. The Hall–Kier alpha value is -2.65. The Balaban J connectivity index is 1.87. The molecule has 1 amide bonds. The summed E-state index contributed by atoms with van der Waals surface area (Å²) < 4.78 is 49.3. The lowest BCUT2D eigenvalue weighted by Crippen LogP contribution is -2.28. The Kier molecular flexibility index (Phi) is 7.98. The van der Waals surface area contributed by atoms with Crippen LogP contribution in [0.5, 0.6) is 11.5 Å². The number of benzene rings is 2. The third-order valence-corrected chi connectivity index (χ3v) is 5.97. The van der Waals surface area contributed by atoms with E-state index >= 15 is 0 Å². The molecule has 7 nitrogen and oxygen atoms in total. The van der Waals surface area contributed by atoms with E-state index in [0.717, 1.165) is 4.31 Å². The largest absolute Gasteiger partial charge is 0.496 e. The minimum atomic E-state index is -3.57. The molecule has 0 heterocycles. The maximum atomic E-state index is 12.8. The van der Waals surface area contributed by atoms with Gasteiger partial charge in [0, 0.05) is 20.5 Å². The van der Waals surface area contributed by atoms with Crippen LogP contribution in [-0.4, -0.2) is 53.0 Å². The molecule has 0 spiro atoms. The quantitative estimate of drug-likeness (QED) is 0.591. The average Bonchev–Trinajstić information content (AvgIpc) is 2.70. The van der Waals surface area contributed by atoms with Crippen molar-refractivity contribution in [3.05, 3.63) is 53.8 Å². The lowest BCUT2D eigenvalue weighted by molar-refractivity contribution is -0.121. The van der Waals surface area contributed by atoms with Crippen molar-refractivity contribution in [1.29, 1.82) is 0 Å². The summed E-state index contributed by atoms with van der Waals surface area (Å²) in [6.07, 6.45) is 0.489. The van der Waals surface area contributed by atoms with Crippen LogP contribution in [0.4, 0.5) is 4.39 Å². The predicted molar refractivity (Wildman–Crippen MR) is 107 cm³/mol. The molecular formula is C20H25FN2O5S. The number of nitrogens with one attached hydrogen (secondary N) is 1. The molecule has 0 atom stereocenters. The number of halogens is 1. The van der Waals surface area contributed by atoms with E-state index in [1.165, 1.54) is 57.6 Å². The zero-order valence-electron chi connectivity index (χ0n) is 16.6. The number of hydrogen-bond acceptors (Lipinski definition) is 5. The van der Waals surface area contributed by atoms with Crippen LogP contribution < -0.4 is 14.8 Å². The van der Waals surface area contributed by atoms with Crippen LogP contribution in [0.25, 0.3) is 0 Å². The van der Waals surface area contributed by atoms with Crippen LogP contribution >= 0.6 is 0 Å². The zero-order chi connectivity index (χ0) is 21.4. The van der Waals surface area contributed by atoms with Crippen molar-refractivity contribution in [3.63, 3.8) is 0 Å².